The third kappa shape index (κ3) is 6.15. The predicted molar refractivity (Wildman–Crippen MR) is 154 cm³/mol. The highest BCUT2D eigenvalue weighted by Gasteiger charge is 2.46. The Morgan fingerprint density at radius 1 is 1.00 bits per heavy atom. The zero-order valence-corrected chi connectivity index (χ0v) is 23.5. The number of nitrogens with one attached hydrogen (secondary N) is 2. The van der Waals surface area contributed by atoms with Gasteiger partial charge in [-0.15, -0.1) is 0 Å². The highest BCUT2D eigenvalue weighted by Crippen LogP contribution is 2.39. The monoisotopic (exact) mass is 584 g/mol. The van der Waals surface area contributed by atoms with Crippen LogP contribution in [0.3, 0.4) is 0 Å². The molecule has 1 saturated heterocycles. The van der Waals surface area contributed by atoms with Crippen LogP contribution in [0, 0.1) is 0 Å². The number of carbonyl (C=O) groups is 1. The average Bonchev–Trinajstić information content (AvgIpc) is 3.24. The fourth-order valence-corrected chi connectivity index (χ4v) is 6.08. The molecule has 2 N–H and O–H groups in total. The van der Waals surface area contributed by atoms with Gasteiger partial charge in [-0.05, 0) is 73.7 Å². The summed E-state index contributed by atoms with van der Waals surface area (Å²) in [6, 6.07) is 21.6. The Labute approximate surface area is 237 Å². The van der Waals surface area contributed by atoms with E-state index in [1.807, 2.05) is 30.3 Å². The van der Waals surface area contributed by atoms with E-state index in [1.165, 1.54) is 37.5 Å². The molecule has 2 aliphatic heterocycles. The van der Waals surface area contributed by atoms with Gasteiger partial charge in [-0.2, -0.15) is 21.6 Å². The van der Waals surface area contributed by atoms with Crippen LogP contribution in [0.25, 0.3) is 0 Å². The molecule has 3 aromatic rings. The number of aliphatic imine (C=N–C) groups is 1. The van der Waals surface area contributed by atoms with Crippen LogP contribution in [-0.4, -0.2) is 42.5 Å². The molecular weight excluding hydrogens is 553 g/mol. The lowest BCUT2D eigenvalue weighted by Gasteiger charge is -2.39. The number of anilines is 2. The minimum absolute atomic E-state index is 0.305. The van der Waals surface area contributed by atoms with Gasteiger partial charge in [0.15, 0.2) is 0 Å². The summed E-state index contributed by atoms with van der Waals surface area (Å²) >= 11 is 0. The second kappa shape index (κ2) is 11.3. The van der Waals surface area contributed by atoms with Crippen LogP contribution < -0.4 is 10.0 Å². The Kier molecular flexibility index (Phi) is 7.93. The lowest BCUT2D eigenvalue weighted by Crippen LogP contribution is -2.42. The number of fused-ring (bicyclic) bond motifs is 1. The highest BCUT2D eigenvalue weighted by atomic mass is 32.2. The molecule has 3 aromatic carbocycles. The van der Waals surface area contributed by atoms with E-state index in [0.29, 0.717) is 40.3 Å². The number of piperidine rings is 1. The van der Waals surface area contributed by atoms with Crippen LogP contribution in [0.1, 0.15) is 55.7 Å². The van der Waals surface area contributed by atoms with Gasteiger partial charge >= 0.3 is 15.5 Å². The lowest BCUT2D eigenvalue weighted by atomic mass is 9.90. The number of hydrogen-bond donors (Lipinski definition) is 2. The molecule has 11 heteroatoms. The molecule has 7 nitrogen and oxygen atoms in total. The van der Waals surface area contributed by atoms with Crippen molar-refractivity contribution in [1.82, 2.24) is 4.90 Å². The maximum absolute atomic E-state index is 13.2. The Morgan fingerprint density at radius 2 is 1.66 bits per heavy atom. The summed E-state index contributed by atoms with van der Waals surface area (Å²) in [7, 11) is -5.63. The van der Waals surface area contributed by atoms with Gasteiger partial charge in [-0.25, -0.2) is 0 Å². The van der Waals surface area contributed by atoms with E-state index >= 15 is 0 Å². The number of hydrogen-bond acceptors (Lipinski definition) is 5. The van der Waals surface area contributed by atoms with Gasteiger partial charge in [-0.3, -0.25) is 19.4 Å². The van der Waals surface area contributed by atoms with Crippen molar-refractivity contribution < 1.29 is 26.4 Å². The summed E-state index contributed by atoms with van der Waals surface area (Å²) < 4.78 is 63.9. The van der Waals surface area contributed by atoms with Crippen molar-refractivity contribution in [2.75, 3.05) is 10.0 Å². The first-order chi connectivity index (χ1) is 19.4. The second-order valence-corrected chi connectivity index (χ2v) is 12.3. The van der Waals surface area contributed by atoms with Gasteiger partial charge < -0.3 is 5.32 Å². The van der Waals surface area contributed by atoms with Crippen molar-refractivity contribution in [3.05, 3.63) is 89.5 Å². The maximum Gasteiger partial charge on any atom is 0.516 e. The molecule has 2 aliphatic rings. The van der Waals surface area contributed by atoms with E-state index in [4.69, 9.17) is 4.99 Å². The fraction of sp³-hybridized carbons (Fsp3) is 0.333. The van der Waals surface area contributed by atoms with E-state index < -0.39 is 27.4 Å². The van der Waals surface area contributed by atoms with Crippen LogP contribution in [-0.2, 0) is 21.4 Å². The number of likely N-dealkylation sites (tertiary alicyclic amines) is 1. The average molecular weight is 585 g/mol. The molecule has 3 atom stereocenters. The number of amides is 1. The maximum atomic E-state index is 13.2. The SMILES string of the molecule is CC1CCCC(C)N1Cc1ccc(N=C(c2ccccc2)C2C(=O)Nc3ccc(NS(=O)(=O)C(F)(F)F)cc32)cc1. The van der Waals surface area contributed by atoms with Crippen molar-refractivity contribution in [3.63, 3.8) is 0 Å². The molecule has 0 spiro atoms. The fourth-order valence-electron chi connectivity index (χ4n) is 5.53. The standard InChI is InChI=1S/C30H31F3N4O3S/c1-19-7-6-8-20(2)37(19)18-21-11-13-23(14-12-21)34-28(22-9-4-3-5-10-22)27-25-17-24(15-16-26(25)35-29(27)38)36-41(39,40)30(31,32)33/h3-5,9-17,19-20,27,36H,6-8,18H2,1-2H3,(H,35,38). The summed E-state index contributed by atoms with van der Waals surface area (Å²) in [4.78, 5) is 20.6. The molecule has 0 bridgehead atoms. The smallest absolute Gasteiger partial charge is 0.325 e. The summed E-state index contributed by atoms with van der Waals surface area (Å²) in [5, 5.41) is 2.74. The summed E-state index contributed by atoms with van der Waals surface area (Å²) in [6.45, 7) is 5.34. The Bertz CT molecular complexity index is 1550. The minimum Gasteiger partial charge on any atom is -0.325 e. The minimum atomic E-state index is -5.63. The second-order valence-electron chi connectivity index (χ2n) is 10.6. The van der Waals surface area contributed by atoms with Gasteiger partial charge in [-0.1, -0.05) is 48.9 Å². The molecule has 0 radical (unpaired) electrons. The molecule has 2 heterocycles. The first-order valence-corrected chi connectivity index (χ1v) is 14.9. The molecule has 216 valence electrons. The van der Waals surface area contributed by atoms with E-state index in [9.17, 15) is 26.4 Å². The van der Waals surface area contributed by atoms with E-state index in [1.54, 1.807) is 29.0 Å². The number of alkyl halides is 3. The van der Waals surface area contributed by atoms with Gasteiger partial charge in [0.25, 0.3) is 0 Å². The largest absolute Gasteiger partial charge is 0.516 e. The number of carbonyl (C=O) groups excluding carboxylic acids is 1. The molecule has 0 aliphatic carbocycles. The molecule has 1 amide bonds. The van der Waals surface area contributed by atoms with Crippen molar-refractivity contribution in [1.29, 1.82) is 0 Å². The quantitative estimate of drug-likeness (QED) is 0.308. The van der Waals surface area contributed by atoms with E-state index in [2.05, 4.69) is 24.1 Å². The molecule has 3 unspecified atom stereocenters. The normalized spacial score (nSPS) is 21.8. The summed E-state index contributed by atoms with van der Waals surface area (Å²) in [6.07, 6.45) is 3.59. The van der Waals surface area contributed by atoms with Crippen molar-refractivity contribution in [2.24, 2.45) is 4.99 Å². The summed E-state index contributed by atoms with van der Waals surface area (Å²) in [5.74, 6) is -1.39. The number of rotatable bonds is 7. The highest BCUT2D eigenvalue weighted by molar-refractivity contribution is 7.93. The van der Waals surface area contributed by atoms with Gasteiger partial charge in [0.05, 0.1) is 11.4 Å². The number of halogens is 3. The molecule has 5 rings (SSSR count). The first-order valence-electron chi connectivity index (χ1n) is 13.5. The summed E-state index contributed by atoms with van der Waals surface area (Å²) in [5.41, 5.74) is -2.28. The van der Waals surface area contributed by atoms with Gasteiger partial charge in [0.2, 0.25) is 5.91 Å². The number of nitrogens with zero attached hydrogens (tertiary/aromatic N) is 2. The Balaban J connectivity index is 1.49. The molecule has 0 saturated carbocycles. The molecule has 1 fully saturated rings. The topological polar surface area (TPSA) is 90.9 Å². The van der Waals surface area contributed by atoms with E-state index in [0.717, 1.165) is 12.1 Å². The van der Waals surface area contributed by atoms with Gasteiger partial charge in [0, 0.05) is 30.0 Å². The Hall–Kier alpha value is -3.70. The molecular formula is C30H31F3N4O3S. The van der Waals surface area contributed by atoms with Crippen LogP contribution in [0.15, 0.2) is 77.8 Å². The van der Waals surface area contributed by atoms with Crippen LogP contribution in [0.2, 0.25) is 0 Å². The molecule has 41 heavy (non-hydrogen) atoms. The van der Waals surface area contributed by atoms with Crippen molar-refractivity contribution in [3.8, 4) is 0 Å². The zero-order valence-electron chi connectivity index (χ0n) is 22.6. The third-order valence-electron chi connectivity index (χ3n) is 7.71. The molecule has 0 aromatic heterocycles. The third-order valence-corrected chi connectivity index (χ3v) is 8.82. The van der Waals surface area contributed by atoms with Crippen LogP contribution in [0.5, 0.6) is 0 Å². The Morgan fingerprint density at radius 3 is 2.29 bits per heavy atom. The zero-order chi connectivity index (χ0) is 29.4. The van der Waals surface area contributed by atoms with Crippen LogP contribution >= 0.6 is 0 Å². The first kappa shape index (κ1) is 28.8. The van der Waals surface area contributed by atoms with E-state index in [-0.39, 0.29) is 5.69 Å². The van der Waals surface area contributed by atoms with Crippen LogP contribution in [0.4, 0.5) is 30.2 Å². The van der Waals surface area contributed by atoms with Crippen molar-refractivity contribution >= 4 is 38.7 Å². The lowest BCUT2D eigenvalue weighted by molar-refractivity contribution is -0.115. The number of sulfonamides is 1. The predicted octanol–water partition coefficient (Wildman–Crippen LogP) is 6.57. The number of benzene rings is 3. The van der Waals surface area contributed by atoms with Crippen molar-refractivity contribution in [2.45, 2.75) is 63.2 Å². The van der Waals surface area contributed by atoms with Gasteiger partial charge in [0.1, 0.15) is 5.92 Å².